The molecule has 101 valence electrons. The second-order valence-electron chi connectivity index (χ2n) is 3.94. The number of carbonyl (C=O) groups is 2. The summed E-state index contributed by atoms with van der Waals surface area (Å²) in [6.07, 6.45) is 0.902. The lowest BCUT2D eigenvalue weighted by Gasteiger charge is -2.24. The van der Waals surface area contributed by atoms with E-state index < -0.39 is 22.1 Å². The summed E-state index contributed by atoms with van der Waals surface area (Å²) < 4.78 is 24.1. The molecule has 0 bridgehead atoms. The van der Waals surface area contributed by atoms with E-state index in [9.17, 15) is 18.0 Å². The zero-order valence-corrected chi connectivity index (χ0v) is 11.0. The first-order valence-electron chi connectivity index (χ1n) is 5.47. The number of imide groups is 1. The maximum Gasteiger partial charge on any atom is 0.346 e. The highest BCUT2D eigenvalue weighted by molar-refractivity contribution is 7.92. The number of amides is 4. The summed E-state index contributed by atoms with van der Waals surface area (Å²) in [6, 6.07) is 7.32. The number of anilines is 1. The van der Waals surface area contributed by atoms with E-state index in [1.807, 2.05) is 0 Å². The first-order valence-corrected chi connectivity index (χ1v) is 7.32. The third-order valence-electron chi connectivity index (χ3n) is 2.50. The molecule has 1 heterocycles. The third-order valence-corrected chi connectivity index (χ3v) is 3.52. The molecule has 1 fully saturated rings. The van der Waals surface area contributed by atoms with Crippen LogP contribution in [0.15, 0.2) is 24.3 Å². The van der Waals surface area contributed by atoms with E-state index in [2.05, 4.69) is 11.4 Å². The highest BCUT2D eigenvalue weighted by Gasteiger charge is 2.35. The van der Waals surface area contributed by atoms with E-state index >= 15 is 0 Å². The van der Waals surface area contributed by atoms with Gasteiger partial charge in [-0.3, -0.25) is 0 Å². The molecule has 1 aromatic carbocycles. The van der Waals surface area contributed by atoms with E-state index in [0.29, 0.717) is 10.8 Å². The molecule has 1 radical (unpaired) electrons. The minimum absolute atomic E-state index is 0.0784. The molecule has 0 aliphatic carbocycles. The molecule has 1 saturated heterocycles. The Hall–Kier alpha value is -2.09. The quantitative estimate of drug-likeness (QED) is 0.850. The van der Waals surface area contributed by atoms with Crippen molar-refractivity contribution in [3.8, 4) is 0 Å². The maximum atomic E-state index is 12.2. The Morgan fingerprint density at radius 2 is 2.21 bits per heavy atom. The van der Waals surface area contributed by atoms with Crippen LogP contribution in [0.1, 0.15) is 0 Å². The SMILES string of the molecule is CS(=O)(=O)N(C(=O)N1CCNC1=O)c1[c]cccc1. The summed E-state index contributed by atoms with van der Waals surface area (Å²) in [4.78, 5) is 24.5. The highest BCUT2D eigenvalue weighted by Crippen LogP contribution is 2.19. The number of nitrogens with one attached hydrogen (secondary N) is 1. The molecule has 7 nitrogen and oxygen atoms in total. The Morgan fingerprint density at radius 1 is 1.47 bits per heavy atom. The molecule has 0 saturated carbocycles. The fourth-order valence-corrected chi connectivity index (χ4v) is 2.55. The maximum absolute atomic E-state index is 12.2. The van der Waals surface area contributed by atoms with E-state index in [0.717, 1.165) is 11.2 Å². The number of nitrogens with zero attached hydrogens (tertiary/aromatic N) is 2. The normalized spacial score (nSPS) is 15.2. The first-order chi connectivity index (χ1) is 8.91. The lowest BCUT2D eigenvalue weighted by atomic mass is 10.3. The van der Waals surface area contributed by atoms with Gasteiger partial charge in [-0.1, -0.05) is 18.2 Å². The zero-order valence-electron chi connectivity index (χ0n) is 10.2. The van der Waals surface area contributed by atoms with Crippen molar-refractivity contribution in [1.29, 1.82) is 0 Å². The van der Waals surface area contributed by atoms with Crippen molar-refractivity contribution < 1.29 is 18.0 Å². The lowest BCUT2D eigenvalue weighted by molar-refractivity contribution is 0.205. The molecule has 1 N–H and O–H groups in total. The van der Waals surface area contributed by atoms with Crippen molar-refractivity contribution in [2.24, 2.45) is 0 Å². The summed E-state index contributed by atoms with van der Waals surface area (Å²) in [5, 5.41) is 2.44. The van der Waals surface area contributed by atoms with Crippen LogP contribution < -0.4 is 9.62 Å². The standard InChI is InChI=1S/C11H12N3O4S/c1-19(17,18)14(9-5-3-2-4-6-9)11(16)13-8-7-12-10(13)15/h2-5H,7-8H2,1H3,(H,12,15). The van der Waals surface area contributed by atoms with Gasteiger partial charge in [0.2, 0.25) is 10.0 Å². The van der Waals surface area contributed by atoms with Crippen molar-refractivity contribution in [2.45, 2.75) is 0 Å². The van der Waals surface area contributed by atoms with Crippen LogP contribution in [-0.4, -0.2) is 44.7 Å². The lowest BCUT2D eigenvalue weighted by Crippen LogP contribution is -2.47. The molecule has 1 aliphatic rings. The summed E-state index contributed by atoms with van der Waals surface area (Å²) in [5.74, 6) is 0. The van der Waals surface area contributed by atoms with Gasteiger partial charge in [-0.25, -0.2) is 22.9 Å². The first kappa shape index (κ1) is 13.3. The second-order valence-corrected chi connectivity index (χ2v) is 5.77. The molecule has 0 spiro atoms. The summed E-state index contributed by atoms with van der Waals surface area (Å²) in [6.45, 7) is 0.442. The minimum Gasteiger partial charge on any atom is -0.336 e. The minimum atomic E-state index is -3.85. The second kappa shape index (κ2) is 4.88. The molecule has 2 rings (SSSR count). The van der Waals surface area contributed by atoms with Gasteiger partial charge in [-0.15, -0.1) is 0 Å². The molecule has 0 aromatic heterocycles. The molecule has 1 aliphatic heterocycles. The Morgan fingerprint density at radius 3 is 2.68 bits per heavy atom. The van der Waals surface area contributed by atoms with Crippen LogP contribution in [0.25, 0.3) is 0 Å². The molecular weight excluding hydrogens is 270 g/mol. The van der Waals surface area contributed by atoms with Crippen LogP contribution in [0.2, 0.25) is 0 Å². The van der Waals surface area contributed by atoms with Crippen LogP contribution in [0, 0.1) is 6.07 Å². The average Bonchev–Trinajstić information content (AvgIpc) is 2.75. The van der Waals surface area contributed by atoms with Gasteiger partial charge in [0.05, 0.1) is 11.9 Å². The Labute approximate surface area is 110 Å². The fourth-order valence-electron chi connectivity index (χ4n) is 1.70. The van der Waals surface area contributed by atoms with Gasteiger partial charge in [0.15, 0.2) is 0 Å². The van der Waals surface area contributed by atoms with Gasteiger partial charge in [0.25, 0.3) is 0 Å². The number of hydrogen-bond donors (Lipinski definition) is 1. The summed E-state index contributed by atoms with van der Waals surface area (Å²) >= 11 is 0. The fraction of sp³-hybridized carbons (Fsp3) is 0.273. The number of urea groups is 2. The van der Waals surface area contributed by atoms with Crippen LogP contribution in [0.3, 0.4) is 0 Å². The Bertz CT molecular complexity index is 600. The van der Waals surface area contributed by atoms with Gasteiger partial charge >= 0.3 is 12.1 Å². The van der Waals surface area contributed by atoms with Crippen LogP contribution >= 0.6 is 0 Å². The zero-order chi connectivity index (χ0) is 14.0. The van der Waals surface area contributed by atoms with Crippen molar-refractivity contribution in [2.75, 3.05) is 23.7 Å². The number of rotatable bonds is 2. The van der Waals surface area contributed by atoms with Gasteiger partial charge in [0, 0.05) is 19.2 Å². The van der Waals surface area contributed by atoms with Crippen molar-refractivity contribution in [3.05, 3.63) is 30.3 Å². The molecule has 0 unspecified atom stereocenters. The monoisotopic (exact) mass is 282 g/mol. The van der Waals surface area contributed by atoms with Gasteiger partial charge in [-0.2, -0.15) is 4.31 Å². The third kappa shape index (κ3) is 2.68. The van der Waals surface area contributed by atoms with E-state index in [1.165, 1.54) is 12.1 Å². The molecule has 19 heavy (non-hydrogen) atoms. The van der Waals surface area contributed by atoms with Crippen molar-refractivity contribution >= 4 is 27.8 Å². The molecule has 0 atom stereocenters. The van der Waals surface area contributed by atoms with Crippen LogP contribution in [0.4, 0.5) is 15.3 Å². The summed E-state index contributed by atoms with van der Waals surface area (Å²) in [7, 11) is -3.85. The molecule has 4 amide bonds. The predicted octanol–water partition coefficient (Wildman–Crippen LogP) is 0.398. The summed E-state index contributed by atoms with van der Waals surface area (Å²) in [5.41, 5.74) is 0.0784. The molecule has 1 aromatic rings. The molecule has 8 heteroatoms. The van der Waals surface area contributed by atoms with Crippen LogP contribution in [0.5, 0.6) is 0 Å². The van der Waals surface area contributed by atoms with Crippen molar-refractivity contribution in [1.82, 2.24) is 10.2 Å². The van der Waals surface area contributed by atoms with Gasteiger partial charge in [-0.05, 0) is 6.07 Å². The number of carbonyl (C=O) groups excluding carboxylic acids is 2. The number of para-hydroxylation sites is 1. The van der Waals surface area contributed by atoms with Crippen LogP contribution in [-0.2, 0) is 10.0 Å². The largest absolute Gasteiger partial charge is 0.346 e. The topological polar surface area (TPSA) is 86.8 Å². The van der Waals surface area contributed by atoms with Gasteiger partial charge < -0.3 is 5.32 Å². The Kier molecular flexibility index (Phi) is 3.43. The highest BCUT2D eigenvalue weighted by atomic mass is 32.2. The average molecular weight is 282 g/mol. The Balaban J connectivity index is 2.40. The number of sulfonamides is 1. The number of hydrogen-bond acceptors (Lipinski definition) is 4. The molecular formula is C11H12N3O4S. The van der Waals surface area contributed by atoms with Crippen molar-refractivity contribution in [3.63, 3.8) is 0 Å². The van der Waals surface area contributed by atoms with E-state index in [-0.39, 0.29) is 12.2 Å². The smallest absolute Gasteiger partial charge is 0.336 e. The number of benzene rings is 1. The predicted molar refractivity (Wildman–Crippen MR) is 68.1 cm³/mol. The van der Waals surface area contributed by atoms with Gasteiger partial charge in [0.1, 0.15) is 0 Å². The van der Waals surface area contributed by atoms with E-state index in [4.69, 9.17) is 0 Å². The van der Waals surface area contributed by atoms with E-state index in [1.54, 1.807) is 12.1 Å².